The molecule has 0 aromatic heterocycles. The van der Waals surface area contributed by atoms with Crippen LogP contribution in [0.25, 0.3) is 0 Å². The number of ether oxygens (including phenoxy) is 1. The lowest BCUT2D eigenvalue weighted by molar-refractivity contribution is 0.0995. The van der Waals surface area contributed by atoms with Crippen molar-refractivity contribution in [2.24, 2.45) is 0 Å². The van der Waals surface area contributed by atoms with Crippen LogP contribution in [-0.2, 0) is 14.8 Å². The molecular weight excluding hydrogens is 383 g/mol. The van der Waals surface area contributed by atoms with Gasteiger partial charge >= 0.3 is 0 Å². The molecular formula is C20H21FN2O4S. The Morgan fingerprint density at radius 2 is 2.00 bits per heavy atom. The van der Waals surface area contributed by atoms with Gasteiger partial charge in [-0.1, -0.05) is 6.07 Å². The van der Waals surface area contributed by atoms with Gasteiger partial charge in [-0.3, -0.25) is 4.79 Å². The van der Waals surface area contributed by atoms with Gasteiger partial charge in [0.05, 0.1) is 23.1 Å². The van der Waals surface area contributed by atoms with Crippen molar-refractivity contribution >= 4 is 21.6 Å². The molecule has 6 nitrogen and oxygen atoms in total. The van der Waals surface area contributed by atoms with Crippen molar-refractivity contribution in [3.05, 3.63) is 59.4 Å². The van der Waals surface area contributed by atoms with Crippen molar-refractivity contribution in [3.8, 4) is 0 Å². The van der Waals surface area contributed by atoms with Crippen molar-refractivity contribution in [2.75, 3.05) is 5.32 Å². The van der Waals surface area contributed by atoms with E-state index in [1.807, 2.05) is 0 Å². The molecule has 2 aromatic rings. The highest BCUT2D eigenvalue weighted by Crippen LogP contribution is 2.35. The molecule has 2 aliphatic rings. The summed E-state index contributed by atoms with van der Waals surface area (Å²) in [6.07, 6.45) is 2.56. The Bertz CT molecular complexity index is 1020. The quantitative estimate of drug-likeness (QED) is 0.802. The number of halogens is 1. The lowest BCUT2D eigenvalue weighted by Crippen LogP contribution is -2.41. The van der Waals surface area contributed by atoms with Crippen LogP contribution in [0.2, 0.25) is 0 Å². The Balaban J connectivity index is 1.50. The molecule has 2 heterocycles. The number of aryl methyl sites for hydroxylation is 1. The highest BCUT2D eigenvalue weighted by molar-refractivity contribution is 7.89. The molecule has 3 unspecified atom stereocenters. The maximum absolute atomic E-state index is 13.4. The molecule has 2 N–H and O–H groups in total. The fourth-order valence-corrected chi connectivity index (χ4v) is 5.08. The van der Waals surface area contributed by atoms with E-state index in [4.69, 9.17) is 4.74 Å². The molecule has 0 saturated carbocycles. The third kappa shape index (κ3) is 3.80. The zero-order chi connectivity index (χ0) is 19.9. The number of hydrogen-bond acceptors (Lipinski definition) is 4. The van der Waals surface area contributed by atoms with Crippen LogP contribution in [0, 0.1) is 12.7 Å². The summed E-state index contributed by atoms with van der Waals surface area (Å²) in [5.74, 6) is -0.826. The van der Waals surface area contributed by atoms with Gasteiger partial charge < -0.3 is 10.1 Å². The summed E-state index contributed by atoms with van der Waals surface area (Å²) in [6, 6.07) is 9.86. The Hall–Kier alpha value is -2.29. The van der Waals surface area contributed by atoms with Crippen LogP contribution in [0.5, 0.6) is 0 Å². The minimum absolute atomic E-state index is 0.0261. The van der Waals surface area contributed by atoms with Gasteiger partial charge in [-0.25, -0.2) is 17.5 Å². The second-order valence-corrected chi connectivity index (χ2v) is 9.00. The molecule has 0 aliphatic carbocycles. The van der Waals surface area contributed by atoms with Gasteiger partial charge in [0.15, 0.2) is 0 Å². The Morgan fingerprint density at radius 1 is 1.18 bits per heavy atom. The third-order valence-electron chi connectivity index (χ3n) is 5.23. The fraction of sp³-hybridized carbons (Fsp3) is 0.350. The van der Waals surface area contributed by atoms with Crippen LogP contribution in [-0.4, -0.2) is 32.6 Å². The van der Waals surface area contributed by atoms with Gasteiger partial charge in [-0.2, -0.15) is 0 Å². The smallest absolute Gasteiger partial charge is 0.255 e. The number of fused-ring (bicyclic) bond motifs is 2. The molecule has 8 heteroatoms. The molecule has 2 bridgehead atoms. The highest BCUT2D eigenvalue weighted by Gasteiger charge is 2.42. The Kier molecular flexibility index (Phi) is 4.95. The van der Waals surface area contributed by atoms with Gasteiger partial charge in [0.2, 0.25) is 10.0 Å². The minimum atomic E-state index is -3.77. The zero-order valence-corrected chi connectivity index (χ0v) is 16.1. The first-order chi connectivity index (χ1) is 13.3. The van der Waals surface area contributed by atoms with Gasteiger partial charge in [-0.15, -0.1) is 0 Å². The fourth-order valence-electron chi connectivity index (χ4n) is 3.76. The Labute approximate surface area is 163 Å². The van der Waals surface area contributed by atoms with E-state index in [1.54, 1.807) is 6.92 Å². The molecule has 1 amide bonds. The predicted molar refractivity (Wildman–Crippen MR) is 102 cm³/mol. The van der Waals surface area contributed by atoms with E-state index in [1.165, 1.54) is 42.5 Å². The van der Waals surface area contributed by atoms with Gasteiger partial charge in [0.25, 0.3) is 5.91 Å². The maximum Gasteiger partial charge on any atom is 0.255 e. The molecule has 0 radical (unpaired) electrons. The number of anilines is 1. The van der Waals surface area contributed by atoms with Crippen molar-refractivity contribution in [3.63, 3.8) is 0 Å². The number of carbonyl (C=O) groups is 1. The Morgan fingerprint density at radius 3 is 2.68 bits per heavy atom. The van der Waals surface area contributed by atoms with Crippen LogP contribution in [0.3, 0.4) is 0 Å². The second-order valence-electron chi connectivity index (χ2n) is 7.28. The normalized spacial score (nSPS) is 23.7. The van der Waals surface area contributed by atoms with Crippen molar-refractivity contribution in [1.82, 2.24) is 4.72 Å². The number of rotatable bonds is 5. The summed E-state index contributed by atoms with van der Waals surface area (Å²) in [5, 5.41) is 2.66. The molecule has 2 saturated heterocycles. The van der Waals surface area contributed by atoms with Crippen molar-refractivity contribution in [2.45, 2.75) is 49.3 Å². The number of nitrogens with one attached hydrogen (secondary N) is 2. The number of benzene rings is 2. The molecule has 4 rings (SSSR count). The first-order valence-corrected chi connectivity index (χ1v) is 10.7. The molecule has 148 valence electrons. The van der Waals surface area contributed by atoms with E-state index in [-0.39, 0.29) is 34.5 Å². The number of hydrogen-bond donors (Lipinski definition) is 2. The van der Waals surface area contributed by atoms with E-state index in [0.717, 1.165) is 12.8 Å². The van der Waals surface area contributed by atoms with Crippen LogP contribution in [0.4, 0.5) is 10.1 Å². The average Bonchev–Trinajstić information content (AvgIpc) is 3.27. The van der Waals surface area contributed by atoms with E-state index in [2.05, 4.69) is 10.0 Å². The third-order valence-corrected chi connectivity index (χ3v) is 6.72. The largest absolute Gasteiger partial charge is 0.373 e. The van der Waals surface area contributed by atoms with Crippen molar-refractivity contribution < 1.29 is 22.3 Å². The van der Waals surface area contributed by atoms with E-state index in [0.29, 0.717) is 17.7 Å². The molecule has 2 fully saturated rings. The molecule has 0 spiro atoms. The number of carbonyl (C=O) groups excluding carboxylic acids is 1. The lowest BCUT2D eigenvalue weighted by Gasteiger charge is -2.20. The molecule has 2 aliphatic heterocycles. The van der Waals surface area contributed by atoms with Gasteiger partial charge in [0, 0.05) is 11.3 Å². The zero-order valence-electron chi connectivity index (χ0n) is 15.3. The van der Waals surface area contributed by atoms with Crippen LogP contribution in [0.15, 0.2) is 47.4 Å². The summed E-state index contributed by atoms with van der Waals surface area (Å²) < 4.78 is 47.3. The average molecular weight is 404 g/mol. The first-order valence-electron chi connectivity index (χ1n) is 9.17. The van der Waals surface area contributed by atoms with Crippen LogP contribution in [0.1, 0.15) is 35.2 Å². The summed E-state index contributed by atoms with van der Waals surface area (Å²) in [7, 11) is -3.77. The van der Waals surface area contributed by atoms with E-state index < -0.39 is 15.9 Å². The monoisotopic (exact) mass is 404 g/mol. The van der Waals surface area contributed by atoms with Crippen molar-refractivity contribution in [1.29, 1.82) is 0 Å². The SMILES string of the molecule is Cc1cc(NC(=O)c2cccc(S(=O)(=O)NC3CC4CCC3O4)c2)ccc1F. The number of amides is 1. The predicted octanol–water partition coefficient (Wildman–Crippen LogP) is 2.98. The highest BCUT2D eigenvalue weighted by atomic mass is 32.2. The molecule has 2 aromatic carbocycles. The maximum atomic E-state index is 13.4. The van der Waals surface area contributed by atoms with E-state index >= 15 is 0 Å². The summed E-state index contributed by atoms with van der Waals surface area (Å²) >= 11 is 0. The molecule has 28 heavy (non-hydrogen) atoms. The van der Waals surface area contributed by atoms with Crippen LogP contribution >= 0.6 is 0 Å². The second kappa shape index (κ2) is 7.27. The topological polar surface area (TPSA) is 84.5 Å². The molecule has 3 atom stereocenters. The minimum Gasteiger partial charge on any atom is -0.373 e. The lowest BCUT2D eigenvalue weighted by atomic mass is 9.96. The summed E-state index contributed by atoms with van der Waals surface area (Å²) in [5.41, 5.74) is 1.05. The van der Waals surface area contributed by atoms with Gasteiger partial charge in [-0.05, 0) is 68.1 Å². The first kappa shape index (κ1) is 19.0. The van der Waals surface area contributed by atoms with Gasteiger partial charge in [0.1, 0.15) is 5.82 Å². The van der Waals surface area contributed by atoms with Crippen LogP contribution < -0.4 is 10.0 Å². The van der Waals surface area contributed by atoms with E-state index in [9.17, 15) is 17.6 Å². The summed E-state index contributed by atoms with van der Waals surface area (Å²) in [4.78, 5) is 12.5. The summed E-state index contributed by atoms with van der Waals surface area (Å²) in [6.45, 7) is 1.60. The standard InChI is InChI=1S/C20H21FN2O4S/c1-12-9-14(5-7-17(12)21)22-20(24)13-3-2-4-16(10-13)28(25,26)23-18-11-15-6-8-19(18)27-15/h2-5,7,9-10,15,18-19,23H,6,8,11H2,1H3,(H,22,24). The number of sulfonamides is 1.